The summed E-state index contributed by atoms with van der Waals surface area (Å²) in [7, 11) is 0. The molecule has 150 valence electrons. The van der Waals surface area contributed by atoms with Crippen LogP contribution in [0.2, 0.25) is 0 Å². The molecule has 1 atom stereocenters. The molecule has 1 unspecified atom stereocenters. The summed E-state index contributed by atoms with van der Waals surface area (Å²) in [5, 5.41) is 48.3. The van der Waals surface area contributed by atoms with Gasteiger partial charge in [-0.1, -0.05) is 13.2 Å². The highest BCUT2D eigenvalue weighted by Crippen LogP contribution is 1.92. The van der Waals surface area contributed by atoms with Gasteiger partial charge in [-0.3, -0.25) is 0 Å². The van der Waals surface area contributed by atoms with E-state index in [4.69, 9.17) is 36.4 Å². The number of carboxylic acid groups (broad SMARTS) is 2. The van der Waals surface area contributed by atoms with E-state index in [9.17, 15) is 9.59 Å². The van der Waals surface area contributed by atoms with E-state index in [0.717, 1.165) is 18.6 Å². The molecule has 0 heterocycles. The summed E-state index contributed by atoms with van der Waals surface area (Å²) < 4.78 is 4.63. The highest BCUT2D eigenvalue weighted by molar-refractivity contribution is 5.79. The second-order valence-electron chi connectivity index (χ2n) is 3.91. The summed E-state index contributed by atoms with van der Waals surface area (Å²) in [5.74, 6) is -1.96. The van der Waals surface area contributed by atoms with Crippen molar-refractivity contribution in [3.63, 3.8) is 0 Å². The first kappa shape index (κ1) is 31.0. The van der Waals surface area contributed by atoms with Gasteiger partial charge >= 0.3 is 11.9 Å². The molecule has 0 aliphatic carbocycles. The van der Waals surface area contributed by atoms with Crippen LogP contribution in [0, 0.1) is 0 Å². The number of hydrogen-bond acceptors (Lipinski definition) is 8. The molecule has 0 spiro atoms. The van der Waals surface area contributed by atoms with Crippen molar-refractivity contribution in [2.75, 3.05) is 39.6 Å². The second kappa shape index (κ2) is 30.1. The van der Waals surface area contributed by atoms with Crippen LogP contribution in [0.4, 0.5) is 0 Å². The van der Waals surface area contributed by atoms with E-state index < -0.39 is 18.0 Å². The van der Waals surface area contributed by atoms with Crippen molar-refractivity contribution in [2.24, 2.45) is 5.73 Å². The zero-order chi connectivity index (χ0) is 20.5. The lowest BCUT2D eigenvalue weighted by molar-refractivity contribution is -0.132. The maximum absolute atomic E-state index is 9.25. The zero-order valence-corrected chi connectivity index (χ0v) is 14.3. The highest BCUT2D eigenvalue weighted by atomic mass is 16.5. The number of nitrogens with two attached hydrogens (primary N) is 1. The van der Waals surface area contributed by atoms with Gasteiger partial charge in [0.25, 0.3) is 0 Å². The maximum Gasteiger partial charge on any atom is 0.327 e. The van der Waals surface area contributed by atoms with Crippen LogP contribution in [-0.4, -0.2) is 88.3 Å². The van der Waals surface area contributed by atoms with Gasteiger partial charge in [0.1, 0.15) is 0 Å². The van der Waals surface area contributed by atoms with Gasteiger partial charge in [0, 0.05) is 12.2 Å². The first-order chi connectivity index (χ1) is 11.8. The largest absolute Gasteiger partial charge is 0.478 e. The number of ether oxygens (including phenoxy) is 1. The summed E-state index contributed by atoms with van der Waals surface area (Å²) in [5.41, 5.74) is 5.14. The maximum atomic E-state index is 9.25. The molecule has 8 N–H and O–H groups in total. The molecule has 0 aliphatic rings. The Morgan fingerprint density at radius 3 is 1.56 bits per heavy atom. The molecule has 0 fully saturated rings. The first-order valence-corrected chi connectivity index (χ1v) is 7.26. The summed E-state index contributed by atoms with van der Waals surface area (Å²) in [6.45, 7) is 7.04. The number of rotatable bonds is 10. The number of carboxylic acids is 2. The van der Waals surface area contributed by atoms with Gasteiger partial charge in [-0.2, -0.15) is 0 Å². The summed E-state index contributed by atoms with van der Waals surface area (Å²) >= 11 is 0. The van der Waals surface area contributed by atoms with Crippen LogP contribution in [0.3, 0.4) is 0 Å². The van der Waals surface area contributed by atoms with Crippen LogP contribution in [0.25, 0.3) is 0 Å². The van der Waals surface area contributed by atoms with Crippen LogP contribution >= 0.6 is 0 Å². The molecule has 0 amide bonds. The number of aliphatic hydroxyl groups excluding tert-OH is 4. The predicted molar refractivity (Wildman–Crippen MR) is 92.0 cm³/mol. The van der Waals surface area contributed by atoms with Crippen LogP contribution in [-0.2, 0) is 14.3 Å². The van der Waals surface area contributed by atoms with Crippen molar-refractivity contribution in [3.05, 3.63) is 25.3 Å². The summed E-state index contributed by atoms with van der Waals surface area (Å²) in [4.78, 5) is 18.5. The molecule has 0 radical (unpaired) electrons. The Morgan fingerprint density at radius 1 is 1.00 bits per heavy atom. The van der Waals surface area contributed by atoms with Gasteiger partial charge < -0.3 is 41.1 Å². The first-order valence-electron chi connectivity index (χ1n) is 7.26. The molecule has 0 aromatic rings. The Hall–Kier alpha value is -1.82. The van der Waals surface area contributed by atoms with Gasteiger partial charge in [0.15, 0.2) is 0 Å². The van der Waals surface area contributed by atoms with E-state index in [2.05, 4.69) is 17.9 Å². The molecule has 0 aromatic heterocycles. The molecule has 0 aliphatic heterocycles. The molecule has 25 heavy (non-hydrogen) atoms. The van der Waals surface area contributed by atoms with Crippen molar-refractivity contribution >= 4 is 11.9 Å². The minimum Gasteiger partial charge on any atom is -0.478 e. The van der Waals surface area contributed by atoms with Crippen molar-refractivity contribution in [2.45, 2.75) is 18.9 Å². The molecule has 0 rings (SSSR count). The Balaban J connectivity index is -0.000000120. The Kier molecular flexibility index (Phi) is 37.3. The topological polar surface area (TPSA) is 191 Å². The molecular weight excluding hydrogens is 338 g/mol. The Bertz CT molecular complexity index is 289. The third kappa shape index (κ3) is 60.9. The van der Waals surface area contributed by atoms with Crippen LogP contribution in [0.1, 0.15) is 12.8 Å². The molecule has 0 saturated heterocycles. The molecule has 10 nitrogen and oxygen atoms in total. The average Bonchev–Trinajstić information content (AvgIpc) is 2.61. The van der Waals surface area contributed by atoms with Gasteiger partial charge in [0.2, 0.25) is 0 Å². The van der Waals surface area contributed by atoms with Crippen molar-refractivity contribution in [1.29, 1.82) is 0 Å². The molecular formula is C15H31NO9. The smallest absolute Gasteiger partial charge is 0.327 e. The molecule has 10 heteroatoms. The Labute approximate surface area is 147 Å². The van der Waals surface area contributed by atoms with E-state index in [-0.39, 0.29) is 19.8 Å². The quantitative estimate of drug-likeness (QED) is 0.178. The predicted octanol–water partition coefficient (Wildman–Crippen LogP) is -1.42. The fourth-order valence-corrected chi connectivity index (χ4v) is 0.676. The summed E-state index contributed by atoms with van der Waals surface area (Å²) in [6.07, 6.45) is 2.48. The third-order valence-electron chi connectivity index (χ3n) is 1.77. The standard InChI is InChI=1S/C5H13NO2.C4H10O3.2C3H4O2/c6-3-1-2-5(8)4-7;5-1-3-7-4-2-6;2*1-2-3(4)5/h5,7-8H,1-4,6H2;5-6H,1-4H2;2*2H,1H2,(H,4,5). The van der Waals surface area contributed by atoms with Gasteiger partial charge in [-0.25, -0.2) is 9.59 Å². The lowest BCUT2D eigenvalue weighted by Crippen LogP contribution is -2.13. The van der Waals surface area contributed by atoms with Gasteiger partial charge in [-0.05, 0) is 19.4 Å². The van der Waals surface area contributed by atoms with E-state index in [1.807, 2.05) is 0 Å². The van der Waals surface area contributed by atoms with Gasteiger partial charge in [-0.15, -0.1) is 0 Å². The average molecular weight is 369 g/mol. The van der Waals surface area contributed by atoms with Crippen LogP contribution in [0.5, 0.6) is 0 Å². The fourth-order valence-electron chi connectivity index (χ4n) is 0.676. The highest BCUT2D eigenvalue weighted by Gasteiger charge is 1.97. The van der Waals surface area contributed by atoms with Crippen molar-refractivity contribution < 1.29 is 45.0 Å². The van der Waals surface area contributed by atoms with Crippen LogP contribution < -0.4 is 5.73 Å². The zero-order valence-electron chi connectivity index (χ0n) is 14.3. The van der Waals surface area contributed by atoms with Crippen molar-refractivity contribution in [3.8, 4) is 0 Å². The lowest BCUT2D eigenvalue weighted by atomic mass is 10.2. The molecule has 0 bridgehead atoms. The van der Waals surface area contributed by atoms with E-state index >= 15 is 0 Å². The number of carbonyl (C=O) groups is 2. The van der Waals surface area contributed by atoms with E-state index in [1.54, 1.807) is 0 Å². The van der Waals surface area contributed by atoms with E-state index in [1.165, 1.54) is 0 Å². The fraction of sp³-hybridized carbons (Fsp3) is 0.600. The number of aliphatic hydroxyl groups is 4. The minimum absolute atomic E-state index is 0.0278. The number of hydrogen-bond donors (Lipinski definition) is 7. The minimum atomic E-state index is -0.981. The van der Waals surface area contributed by atoms with Crippen LogP contribution in [0.15, 0.2) is 25.3 Å². The third-order valence-corrected chi connectivity index (χ3v) is 1.77. The normalized spacial score (nSPS) is 9.64. The van der Waals surface area contributed by atoms with Crippen molar-refractivity contribution in [1.82, 2.24) is 0 Å². The van der Waals surface area contributed by atoms with Gasteiger partial charge in [0.05, 0.1) is 39.1 Å². The summed E-state index contributed by atoms with van der Waals surface area (Å²) in [6, 6.07) is 0. The SMILES string of the molecule is C=CC(=O)O.C=CC(=O)O.NCCCC(O)CO.OCCOCCO. The lowest BCUT2D eigenvalue weighted by Gasteiger charge is -2.02. The molecule has 0 aromatic carbocycles. The van der Waals surface area contributed by atoms with E-state index in [0.29, 0.717) is 26.2 Å². The monoisotopic (exact) mass is 369 g/mol. The second-order valence-corrected chi connectivity index (χ2v) is 3.91. The Morgan fingerprint density at radius 2 is 1.36 bits per heavy atom. The molecule has 0 saturated carbocycles. The number of aliphatic carboxylic acids is 2.